The van der Waals surface area contributed by atoms with Crippen LogP contribution in [0.25, 0.3) is 0 Å². The van der Waals surface area contributed by atoms with E-state index < -0.39 is 33.6 Å². The molecule has 0 aromatic heterocycles. The minimum absolute atomic E-state index is 0.203. The van der Waals surface area contributed by atoms with Crippen molar-refractivity contribution in [3.8, 4) is 11.5 Å². The fourth-order valence-electron chi connectivity index (χ4n) is 3.24. The van der Waals surface area contributed by atoms with Crippen molar-refractivity contribution in [2.24, 2.45) is 0 Å². The molecule has 0 N–H and O–H groups in total. The Morgan fingerprint density at radius 1 is 1.00 bits per heavy atom. The van der Waals surface area contributed by atoms with Gasteiger partial charge in [0.05, 0.1) is 22.4 Å². The first kappa shape index (κ1) is 29.6. The highest BCUT2D eigenvalue weighted by atomic mass is 35.5. The van der Waals surface area contributed by atoms with Crippen LogP contribution < -0.4 is 9.47 Å². The smallest absolute Gasteiger partial charge is 0.461 e. The Balaban J connectivity index is 2.14. The van der Waals surface area contributed by atoms with Crippen molar-refractivity contribution < 1.29 is 31.5 Å². The third kappa shape index (κ3) is 8.48. The third-order valence-electron chi connectivity index (χ3n) is 5.31. The number of ketones is 1. The topological polar surface area (TPSA) is 69.7 Å². The van der Waals surface area contributed by atoms with Gasteiger partial charge in [0.2, 0.25) is 5.78 Å². The van der Waals surface area contributed by atoms with E-state index >= 15 is 0 Å². The average Bonchev–Trinajstić information content (AvgIpc) is 2.74. The van der Waals surface area contributed by atoms with Crippen molar-refractivity contribution in [3.05, 3.63) is 57.6 Å². The van der Waals surface area contributed by atoms with E-state index in [1.807, 2.05) is 13.8 Å². The molecule has 2 aromatic carbocycles. The lowest BCUT2D eigenvalue weighted by atomic mass is 9.78. The maximum absolute atomic E-state index is 14.2. The Labute approximate surface area is 219 Å². The van der Waals surface area contributed by atoms with Gasteiger partial charge in [0.15, 0.2) is 5.75 Å². The summed E-state index contributed by atoms with van der Waals surface area (Å²) in [5.74, 6) is -1.23. The summed E-state index contributed by atoms with van der Waals surface area (Å²) in [6.07, 6.45) is -3.28. The Hall–Kier alpha value is -1.61. The summed E-state index contributed by atoms with van der Waals surface area (Å²) in [5.41, 5.74) is 0.928. The van der Waals surface area contributed by atoms with E-state index in [9.17, 15) is 22.0 Å². The molecule has 0 heterocycles. The summed E-state index contributed by atoms with van der Waals surface area (Å²) in [4.78, 5) is 11.8. The minimum Gasteiger partial charge on any atom is -0.490 e. The number of carbonyl (C=O) groups excluding carboxylic acids is 1. The van der Waals surface area contributed by atoms with E-state index in [1.165, 1.54) is 12.1 Å². The molecule has 0 saturated carbocycles. The number of rotatable bonds is 13. The van der Waals surface area contributed by atoms with Gasteiger partial charge in [-0.05, 0) is 48.2 Å². The summed E-state index contributed by atoms with van der Waals surface area (Å²) < 4.78 is 60.9. The molecule has 2 rings (SSSR count). The second-order valence-corrected chi connectivity index (χ2v) is 12.0. The first-order valence-corrected chi connectivity index (χ1v) is 14.1. The van der Waals surface area contributed by atoms with E-state index in [-0.39, 0.29) is 17.9 Å². The number of sulfone groups is 1. The molecule has 0 fully saturated rings. The first-order valence-electron chi connectivity index (χ1n) is 10.7. The zero-order valence-corrected chi connectivity index (χ0v) is 22.6. The highest BCUT2D eigenvalue weighted by Gasteiger charge is 2.41. The number of hydrogen-bond acceptors (Lipinski definition) is 5. The van der Waals surface area contributed by atoms with E-state index in [2.05, 4.69) is 4.74 Å². The van der Waals surface area contributed by atoms with Crippen molar-refractivity contribution in [3.63, 3.8) is 0 Å². The Kier molecular flexibility index (Phi) is 10.2. The molecule has 0 aliphatic heterocycles. The quantitative estimate of drug-likeness (QED) is 0.198. The summed E-state index contributed by atoms with van der Waals surface area (Å²) >= 11 is 18.4. The molecule has 0 bridgehead atoms. The number of benzene rings is 2. The molecule has 0 radical (unpaired) electrons. The SMILES string of the molecule is CC(C)(c1ccc(OC(F)(F)C(=O)CCCS(C)(=O)=O)cc1)c1cc(Cl)c(OCCCCl)c(Cl)c1. The van der Waals surface area contributed by atoms with Gasteiger partial charge < -0.3 is 9.47 Å². The first-order chi connectivity index (χ1) is 16.2. The highest BCUT2D eigenvalue weighted by Crippen LogP contribution is 2.41. The van der Waals surface area contributed by atoms with Gasteiger partial charge in [0.25, 0.3) is 0 Å². The fraction of sp³-hybridized carbons (Fsp3) is 0.458. The lowest BCUT2D eigenvalue weighted by Gasteiger charge is -2.27. The van der Waals surface area contributed by atoms with Gasteiger partial charge in [-0.25, -0.2) is 8.42 Å². The number of alkyl halides is 3. The van der Waals surface area contributed by atoms with Crippen LogP contribution in [-0.2, 0) is 20.0 Å². The number of hydrogen-bond donors (Lipinski definition) is 0. The lowest BCUT2D eigenvalue weighted by molar-refractivity contribution is -0.190. The minimum atomic E-state index is -4.07. The summed E-state index contributed by atoms with van der Waals surface area (Å²) in [6, 6.07) is 9.34. The molecule has 11 heteroatoms. The molecule has 0 unspecified atom stereocenters. The maximum Gasteiger partial charge on any atom is 0.461 e. The van der Waals surface area contributed by atoms with Crippen molar-refractivity contribution >= 4 is 50.4 Å². The van der Waals surface area contributed by atoms with Crippen LogP contribution >= 0.6 is 34.8 Å². The van der Waals surface area contributed by atoms with Crippen molar-refractivity contribution in [1.82, 2.24) is 0 Å². The second-order valence-electron chi connectivity index (χ2n) is 8.58. The summed E-state index contributed by atoms with van der Waals surface area (Å²) in [5, 5.41) is 0.674. The van der Waals surface area contributed by atoms with Crippen LogP contribution in [0.2, 0.25) is 10.0 Å². The monoisotopic (exact) mass is 570 g/mol. The molecule has 35 heavy (non-hydrogen) atoms. The predicted molar refractivity (Wildman–Crippen MR) is 135 cm³/mol. The van der Waals surface area contributed by atoms with Crippen LogP contribution in [0.5, 0.6) is 11.5 Å². The molecule has 5 nitrogen and oxygen atoms in total. The van der Waals surface area contributed by atoms with Crippen LogP contribution in [-0.4, -0.2) is 44.8 Å². The van der Waals surface area contributed by atoms with Crippen molar-refractivity contribution in [2.45, 2.75) is 44.6 Å². The van der Waals surface area contributed by atoms with Gasteiger partial charge in [-0.3, -0.25) is 4.79 Å². The zero-order chi connectivity index (χ0) is 26.4. The normalized spacial score (nSPS) is 12.5. The lowest BCUT2D eigenvalue weighted by Crippen LogP contribution is -2.35. The van der Waals surface area contributed by atoms with Crippen LogP contribution in [0, 0.1) is 0 Å². The number of carbonyl (C=O) groups is 1. The molecule has 0 saturated heterocycles. The van der Waals surface area contributed by atoms with E-state index in [4.69, 9.17) is 39.5 Å². The zero-order valence-electron chi connectivity index (χ0n) is 19.5. The van der Waals surface area contributed by atoms with Crippen LogP contribution in [0.4, 0.5) is 8.78 Å². The standard InChI is InChI=1S/C24H27Cl3F2O5S/c1-23(2,17-14-19(26)22(20(27)15-17)33-12-5-11-25)16-7-9-18(10-8-16)34-24(28,29)21(30)6-4-13-35(3,31)32/h7-10,14-15H,4-6,11-13H2,1-3H3. The van der Waals surface area contributed by atoms with Gasteiger partial charge in [0, 0.05) is 24.0 Å². The van der Waals surface area contributed by atoms with Crippen LogP contribution in [0.3, 0.4) is 0 Å². The van der Waals surface area contributed by atoms with Crippen molar-refractivity contribution in [1.29, 1.82) is 0 Å². The third-order valence-corrected chi connectivity index (χ3v) is 7.17. The van der Waals surface area contributed by atoms with Gasteiger partial charge >= 0.3 is 6.11 Å². The maximum atomic E-state index is 14.2. The van der Waals surface area contributed by atoms with E-state index in [1.54, 1.807) is 24.3 Å². The second kappa shape index (κ2) is 12.1. The molecule has 0 aliphatic rings. The largest absolute Gasteiger partial charge is 0.490 e. The van der Waals surface area contributed by atoms with Gasteiger partial charge in [0.1, 0.15) is 15.6 Å². The molecule has 0 amide bonds. The Morgan fingerprint density at radius 3 is 2.09 bits per heavy atom. The van der Waals surface area contributed by atoms with Crippen molar-refractivity contribution in [2.75, 3.05) is 24.5 Å². The van der Waals surface area contributed by atoms with Gasteiger partial charge in [-0.2, -0.15) is 8.78 Å². The summed E-state index contributed by atoms with van der Waals surface area (Å²) in [7, 11) is -3.35. The van der Waals surface area contributed by atoms with E-state index in [0.29, 0.717) is 34.7 Å². The Morgan fingerprint density at radius 2 is 1.57 bits per heavy atom. The van der Waals surface area contributed by atoms with Gasteiger partial charge in [-0.1, -0.05) is 49.2 Å². The number of halogens is 5. The van der Waals surface area contributed by atoms with E-state index in [0.717, 1.165) is 17.4 Å². The molecular formula is C24H27Cl3F2O5S. The highest BCUT2D eigenvalue weighted by molar-refractivity contribution is 7.90. The van der Waals surface area contributed by atoms with Crippen LogP contribution in [0.1, 0.15) is 44.2 Å². The Bertz CT molecular complexity index is 1110. The molecular weight excluding hydrogens is 545 g/mol. The summed E-state index contributed by atoms with van der Waals surface area (Å²) in [6.45, 7) is 4.20. The fourth-order valence-corrected chi connectivity index (χ4v) is 4.61. The molecule has 194 valence electrons. The molecule has 0 aliphatic carbocycles. The average molecular weight is 572 g/mol. The number of ether oxygens (including phenoxy) is 2. The van der Waals surface area contributed by atoms with Gasteiger partial charge in [-0.15, -0.1) is 11.6 Å². The number of Topliss-reactive ketones (excluding diaryl/α,β-unsaturated/α-hetero) is 1. The van der Waals surface area contributed by atoms with Crippen LogP contribution in [0.15, 0.2) is 36.4 Å². The molecule has 0 spiro atoms. The molecule has 0 atom stereocenters. The molecule has 2 aromatic rings. The predicted octanol–water partition coefficient (Wildman–Crippen LogP) is 6.69.